The molecular weight excluding hydrogens is 385 g/mol. The van der Waals surface area contributed by atoms with Crippen LogP contribution >= 0.6 is 0 Å². The van der Waals surface area contributed by atoms with Gasteiger partial charge in [0.2, 0.25) is 0 Å². The summed E-state index contributed by atoms with van der Waals surface area (Å²) in [6.07, 6.45) is -0.445. The molecule has 0 fully saturated rings. The van der Waals surface area contributed by atoms with Gasteiger partial charge in [-0.25, -0.2) is 9.78 Å². The Balaban J connectivity index is 0.00000145. The molecule has 0 aromatic carbocycles. The van der Waals surface area contributed by atoms with Gasteiger partial charge < -0.3 is 10.5 Å². The molecule has 0 saturated heterocycles. The number of carbonyl (C=O) groups excluding carboxylic acids is 1. The number of methoxy groups -OCH3 is 1. The van der Waals surface area contributed by atoms with Crippen molar-refractivity contribution < 1.29 is 22.7 Å². The Morgan fingerprint density at radius 2 is 1.83 bits per heavy atom. The van der Waals surface area contributed by atoms with E-state index in [9.17, 15) is 18.0 Å². The molecule has 0 aliphatic rings. The number of aromatic nitrogens is 3. The van der Waals surface area contributed by atoms with Crippen LogP contribution in [-0.4, -0.2) is 28.0 Å². The van der Waals surface area contributed by atoms with Crippen LogP contribution in [-0.2, 0) is 10.9 Å². The van der Waals surface area contributed by atoms with Gasteiger partial charge in [-0.15, -0.1) is 0 Å². The maximum absolute atomic E-state index is 12.7. The van der Waals surface area contributed by atoms with Crippen molar-refractivity contribution in [3.8, 4) is 22.5 Å². The summed E-state index contributed by atoms with van der Waals surface area (Å²) in [5.41, 5.74) is 6.49. The number of nitrogens with two attached hydrogens (primary N) is 1. The van der Waals surface area contributed by atoms with Crippen LogP contribution in [0.2, 0.25) is 0 Å². The van der Waals surface area contributed by atoms with Crippen molar-refractivity contribution in [2.75, 3.05) is 12.8 Å². The second-order valence-corrected chi connectivity index (χ2v) is 5.48. The molecule has 0 unspecified atom stereocenters. The first-order valence-electron chi connectivity index (χ1n) is 8.64. The van der Waals surface area contributed by atoms with Crippen LogP contribution in [0.3, 0.4) is 0 Å². The average Bonchev–Trinajstić information content (AvgIpc) is 2.75. The molecule has 2 N–H and O–H groups in total. The number of alkyl halides is 3. The molecule has 0 bridgehead atoms. The van der Waals surface area contributed by atoms with E-state index in [1.54, 1.807) is 18.3 Å². The molecule has 3 aromatic heterocycles. The minimum absolute atomic E-state index is 0.0428. The molecule has 0 aliphatic heterocycles. The van der Waals surface area contributed by atoms with E-state index in [-0.39, 0.29) is 22.6 Å². The molecule has 3 heterocycles. The maximum Gasteiger partial charge on any atom is 0.433 e. The smallest absolute Gasteiger partial charge is 0.433 e. The molecule has 3 rings (SSSR count). The fourth-order valence-corrected chi connectivity index (χ4v) is 2.42. The number of carbonyl (C=O) groups is 1. The van der Waals surface area contributed by atoms with Gasteiger partial charge in [-0.05, 0) is 30.3 Å². The zero-order chi connectivity index (χ0) is 21.6. The zero-order valence-electron chi connectivity index (χ0n) is 16.0. The molecule has 0 atom stereocenters. The Labute approximate surface area is 165 Å². The largest absolute Gasteiger partial charge is 0.465 e. The Morgan fingerprint density at radius 3 is 2.34 bits per heavy atom. The number of hydrogen-bond donors (Lipinski definition) is 1. The summed E-state index contributed by atoms with van der Waals surface area (Å²) in [6, 6.07) is 6.78. The summed E-state index contributed by atoms with van der Waals surface area (Å²) in [5.74, 6) is -0.693. The first kappa shape index (κ1) is 21.8. The summed E-state index contributed by atoms with van der Waals surface area (Å²) in [6.45, 7) is 4.00. The van der Waals surface area contributed by atoms with Crippen LogP contribution < -0.4 is 5.73 Å². The fourth-order valence-electron chi connectivity index (χ4n) is 2.42. The van der Waals surface area contributed by atoms with Crippen molar-refractivity contribution >= 4 is 11.7 Å². The summed E-state index contributed by atoms with van der Waals surface area (Å²) in [7, 11) is 1.20. The highest BCUT2D eigenvalue weighted by Crippen LogP contribution is 2.32. The van der Waals surface area contributed by atoms with Crippen molar-refractivity contribution in [2.24, 2.45) is 0 Å². The Hall–Kier alpha value is -3.49. The third kappa shape index (κ3) is 4.87. The standard InChI is InChI=1S/C18H13F3N4O2.C2H6/c1-27-17(26)12-7-13(10-4-5-14(24-9-10)18(19,20)21)25-16(15(12)22)11-3-2-6-23-8-11;1-2/h2-9H,22H2,1H3;1-2H3. The number of halogens is 3. The van der Waals surface area contributed by atoms with E-state index in [1.807, 2.05) is 13.8 Å². The van der Waals surface area contributed by atoms with E-state index in [2.05, 4.69) is 15.0 Å². The van der Waals surface area contributed by atoms with Crippen LogP contribution in [0.15, 0.2) is 48.9 Å². The quantitative estimate of drug-likeness (QED) is 0.641. The third-order valence-corrected chi connectivity index (χ3v) is 3.75. The van der Waals surface area contributed by atoms with E-state index in [4.69, 9.17) is 10.5 Å². The highest BCUT2D eigenvalue weighted by atomic mass is 19.4. The highest BCUT2D eigenvalue weighted by Gasteiger charge is 2.32. The molecule has 152 valence electrons. The zero-order valence-corrected chi connectivity index (χ0v) is 16.0. The normalized spacial score (nSPS) is 10.7. The van der Waals surface area contributed by atoms with Crippen molar-refractivity contribution in [1.29, 1.82) is 0 Å². The number of nitrogens with zero attached hydrogens (tertiary/aromatic N) is 3. The molecule has 0 radical (unpaired) electrons. The average molecular weight is 404 g/mol. The molecule has 6 nitrogen and oxygen atoms in total. The Kier molecular flexibility index (Phi) is 6.87. The van der Waals surface area contributed by atoms with Gasteiger partial charge >= 0.3 is 12.1 Å². The predicted molar refractivity (Wildman–Crippen MR) is 103 cm³/mol. The number of ether oxygens (including phenoxy) is 1. The van der Waals surface area contributed by atoms with E-state index in [1.165, 1.54) is 25.4 Å². The lowest BCUT2D eigenvalue weighted by Crippen LogP contribution is -2.10. The van der Waals surface area contributed by atoms with Gasteiger partial charge in [-0.1, -0.05) is 13.8 Å². The predicted octanol–water partition coefficient (Wildman–Crippen LogP) is 4.62. The van der Waals surface area contributed by atoms with Crippen molar-refractivity contribution in [1.82, 2.24) is 15.0 Å². The van der Waals surface area contributed by atoms with Crippen LogP contribution in [0.25, 0.3) is 22.5 Å². The number of pyridine rings is 3. The van der Waals surface area contributed by atoms with Crippen molar-refractivity contribution in [3.63, 3.8) is 0 Å². The summed E-state index contributed by atoms with van der Waals surface area (Å²) in [4.78, 5) is 23.9. The first-order chi connectivity index (χ1) is 13.8. The number of rotatable bonds is 3. The van der Waals surface area contributed by atoms with Gasteiger partial charge in [0.1, 0.15) is 5.69 Å². The molecule has 3 aromatic rings. The van der Waals surface area contributed by atoms with Gasteiger partial charge in [0.05, 0.1) is 29.7 Å². The van der Waals surface area contributed by atoms with E-state index in [0.29, 0.717) is 11.1 Å². The SMILES string of the molecule is CC.COC(=O)c1cc(-c2ccc(C(F)(F)F)nc2)nc(-c2cccnc2)c1N. The van der Waals surface area contributed by atoms with Crippen LogP contribution in [0.4, 0.5) is 18.9 Å². The van der Waals surface area contributed by atoms with E-state index < -0.39 is 17.8 Å². The molecule has 29 heavy (non-hydrogen) atoms. The lowest BCUT2D eigenvalue weighted by atomic mass is 10.0. The van der Waals surface area contributed by atoms with Gasteiger partial charge in [0.25, 0.3) is 0 Å². The monoisotopic (exact) mass is 404 g/mol. The van der Waals surface area contributed by atoms with Crippen molar-refractivity contribution in [3.05, 3.63) is 60.2 Å². The first-order valence-corrected chi connectivity index (χ1v) is 8.64. The molecule has 0 aliphatic carbocycles. The Morgan fingerprint density at radius 1 is 1.10 bits per heavy atom. The van der Waals surface area contributed by atoms with Gasteiger partial charge in [0, 0.05) is 29.7 Å². The topological polar surface area (TPSA) is 91.0 Å². The summed E-state index contributed by atoms with van der Waals surface area (Å²) >= 11 is 0. The second kappa shape index (κ2) is 9.13. The van der Waals surface area contributed by atoms with Crippen LogP contribution in [0, 0.1) is 0 Å². The third-order valence-electron chi connectivity index (χ3n) is 3.75. The lowest BCUT2D eigenvalue weighted by molar-refractivity contribution is -0.141. The van der Waals surface area contributed by atoms with Gasteiger partial charge in [-0.2, -0.15) is 13.2 Å². The number of hydrogen-bond acceptors (Lipinski definition) is 6. The maximum atomic E-state index is 12.7. The molecule has 0 saturated carbocycles. The Bertz CT molecular complexity index is 976. The summed E-state index contributed by atoms with van der Waals surface area (Å²) in [5, 5.41) is 0. The minimum atomic E-state index is -4.55. The van der Waals surface area contributed by atoms with Crippen LogP contribution in [0.1, 0.15) is 29.9 Å². The van der Waals surface area contributed by atoms with Gasteiger partial charge in [0.15, 0.2) is 0 Å². The summed E-state index contributed by atoms with van der Waals surface area (Å²) < 4.78 is 42.9. The number of anilines is 1. The van der Waals surface area contributed by atoms with Crippen LogP contribution in [0.5, 0.6) is 0 Å². The second-order valence-electron chi connectivity index (χ2n) is 5.48. The highest BCUT2D eigenvalue weighted by molar-refractivity contribution is 5.99. The molecule has 9 heteroatoms. The minimum Gasteiger partial charge on any atom is -0.465 e. The number of nitrogen functional groups attached to an aromatic ring is 1. The lowest BCUT2D eigenvalue weighted by Gasteiger charge is -2.13. The molecule has 0 amide bonds. The van der Waals surface area contributed by atoms with Gasteiger partial charge in [-0.3, -0.25) is 9.97 Å². The fraction of sp³-hybridized carbons (Fsp3) is 0.200. The molecule has 0 spiro atoms. The van der Waals surface area contributed by atoms with E-state index in [0.717, 1.165) is 12.3 Å². The van der Waals surface area contributed by atoms with E-state index >= 15 is 0 Å². The van der Waals surface area contributed by atoms with Crippen molar-refractivity contribution in [2.45, 2.75) is 20.0 Å². The molecular formula is C20H19F3N4O2. The number of esters is 1.